The van der Waals surface area contributed by atoms with Gasteiger partial charge in [0.05, 0.1) is 56.0 Å². The first kappa shape index (κ1) is 69.4. The van der Waals surface area contributed by atoms with E-state index in [0.717, 1.165) is 22.5 Å². The maximum Gasteiger partial charge on any atom is 2.00 e. The topological polar surface area (TPSA) is 181 Å². The van der Waals surface area contributed by atoms with Crippen LogP contribution in [-0.4, -0.2) is 61.5 Å². The number of aromatic carboxylic acids is 2. The summed E-state index contributed by atoms with van der Waals surface area (Å²) in [6, 6.07) is 51.9. The largest absolute Gasteiger partial charge is 2.00 e. The average Bonchev–Trinajstić information content (AvgIpc) is 1.58. The first-order valence-corrected chi connectivity index (χ1v) is 34.3. The Balaban J connectivity index is 0.000000334. The maximum atomic E-state index is 10.8. The number of fused-ring (bicyclic) bond motifs is 8. The van der Waals surface area contributed by atoms with Crippen molar-refractivity contribution in [3.63, 3.8) is 0 Å². The van der Waals surface area contributed by atoms with Crippen molar-refractivity contribution in [2.24, 2.45) is 0 Å². The number of hydrogen-bond donors (Lipinski definition) is 2. The number of rotatable bonds is 8. The van der Waals surface area contributed by atoms with Crippen molar-refractivity contribution < 1.29 is 39.3 Å². The van der Waals surface area contributed by atoms with Crippen LogP contribution in [-0.2, 0) is 41.1 Å². The van der Waals surface area contributed by atoms with Crippen LogP contribution in [0, 0.1) is 0 Å². The molecule has 0 fully saturated rings. The minimum atomic E-state index is -1.08. The molecule has 478 valence electrons. The summed E-state index contributed by atoms with van der Waals surface area (Å²) in [5, 5.41) is 42.4. The molecule has 4 aromatic carbocycles. The molecular formula is C76H66N8O4RuS6. The molecule has 0 unspecified atom stereocenters. The van der Waals surface area contributed by atoms with Gasteiger partial charge in [-0.05, 0) is 176 Å². The van der Waals surface area contributed by atoms with Gasteiger partial charge >= 0.3 is 31.4 Å². The molecular weight excluding hydrogens is 1380 g/mol. The summed E-state index contributed by atoms with van der Waals surface area (Å²) >= 11 is 14.8. The van der Waals surface area contributed by atoms with E-state index in [4.69, 9.17) is 31.0 Å². The molecule has 12 nitrogen and oxygen atoms in total. The van der Waals surface area contributed by atoms with Gasteiger partial charge in [0.25, 0.3) is 0 Å². The van der Waals surface area contributed by atoms with E-state index >= 15 is 0 Å². The number of isothiocyanates is 2. The third-order valence-corrected chi connectivity index (χ3v) is 21.1. The number of pyridine rings is 4. The van der Waals surface area contributed by atoms with Gasteiger partial charge in [-0.3, -0.25) is 19.9 Å². The van der Waals surface area contributed by atoms with E-state index in [1.807, 2.05) is 57.7 Å². The second kappa shape index (κ2) is 27.4. The fraction of sp³-hybridized carbons (Fsp3) is 0.211. The smallest absolute Gasteiger partial charge is 0.753 e. The van der Waals surface area contributed by atoms with Crippen LogP contribution in [0.2, 0.25) is 0 Å². The number of carboxylic acids is 2. The summed E-state index contributed by atoms with van der Waals surface area (Å²) in [7, 11) is 0. The summed E-state index contributed by atoms with van der Waals surface area (Å²) in [5.74, 6) is -2.15. The number of benzene rings is 4. The van der Waals surface area contributed by atoms with Gasteiger partial charge in [0.15, 0.2) is 0 Å². The van der Waals surface area contributed by atoms with Crippen molar-refractivity contribution in [1.82, 2.24) is 29.1 Å². The van der Waals surface area contributed by atoms with Crippen LogP contribution in [0.4, 0.5) is 0 Å². The van der Waals surface area contributed by atoms with Crippen LogP contribution in [0.25, 0.3) is 127 Å². The molecule has 0 aliphatic carbocycles. The van der Waals surface area contributed by atoms with Crippen molar-refractivity contribution in [1.29, 1.82) is 0 Å². The van der Waals surface area contributed by atoms with Gasteiger partial charge in [-0.2, -0.15) is 10.3 Å². The van der Waals surface area contributed by atoms with Crippen LogP contribution in [0.3, 0.4) is 0 Å². The molecule has 0 aliphatic rings. The van der Waals surface area contributed by atoms with Gasteiger partial charge in [-0.1, -0.05) is 132 Å². The first-order chi connectivity index (χ1) is 44.6. The Morgan fingerprint density at radius 3 is 0.916 bits per heavy atom. The number of aromatic nitrogens is 6. The molecule has 0 atom stereocenters. The van der Waals surface area contributed by atoms with E-state index in [9.17, 15) is 9.59 Å². The Labute approximate surface area is 590 Å². The average molecular weight is 1450 g/mol. The molecule has 10 heterocycles. The molecule has 0 spiro atoms. The molecule has 0 bridgehead atoms. The van der Waals surface area contributed by atoms with E-state index in [0.29, 0.717) is 11.4 Å². The molecule has 0 radical (unpaired) electrons. The molecule has 14 aromatic rings. The van der Waals surface area contributed by atoms with Crippen LogP contribution in [0.1, 0.15) is 126 Å². The maximum absolute atomic E-state index is 10.8. The SMILES string of the molecule is CC(C)(C)c1ccc2c(c1)c1cc(C(C)(C)C)ccc1n2-c1cc2sc(-c3ccnc(-c4cc(-c5cc6sc(-n7c8ccc(C(C)(C)C)cc8c8cc(C(C)(C)C)ccc87)cc6s5)ccn4)c3)cc2s1.O=C(O)c1ccnc(-c2cc(C(=O)O)ccn2)c1.[N-]=C=S.[N-]=C=S.[Ru+2]. The number of carboxylic acid groups (broad SMARTS) is 2. The normalized spacial score (nSPS) is 11.7. The number of carbonyl (C=O) groups is 2. The molecule has 0 amide bonds. The molecule has 2 N–H and O–H groups in total. The summed E-state index contributed by atoms with van der Waals surface area (Å²) in [6.45, 7) is 27.6. The zero-order valence-corrected chi connectivity index (χ0v) is 60.9. The minimum Gasteiger partial charge on any atom is -0.753 e. The number of thiophene rings is 4. The second-order valence-electron chi connectivity index (χ2n) is 27.0. The zero-order chi connectivity index (χ0) is 67.3. The Hall–Kier alpha value is -8.44. The third kappa shape index (κ3) is 14.4. The molecule has 0 saturated carbocycles. The van der Waals surface area contributed by atoms with Gasteiger partial charge in [0, 0.05) is 74.9 Å². The molecule has 0 aliphatic heterocycles. The van der Waals surface area contributed by atoms with Crippen LogP contribution < -0.4 is 0 Å². The van der Waals surface area contributed by atoms with Crippen LogP contribution >= 0.6 is 69.8 Å². The predicted octanol–water partition coefficient (Wildman–Crippen LogP) is 22.3. The fourth-order valence-electron chi connectivity index (χ4n) is 11.4. The number of thiocarbonyl (C=S) groups is 2. The summed E-state index contributed by atoms with van der Waals surface area (Å²) in [5.41, 5.74) is 15.6. The van der Waals surface area contributed by atoms with Crippen molar-refractivity contribution in [2.45, 2.75) is 105 Å². The minimum absolute atomic E-state index is 0. The van der Waals surface area contributed by atoms with Crippen LogP contribution in [0.15, 0.2) is 170 Å². The monoisotopic (exact) mass is 1450 g/mol. The van der Waals surface area contributed by atoms with Crippen molar-refractivity contribution in [3.05, 3.63) is 215 Å². The molecule has 0 saturated heterocycles. The third-order valence-electron chi connectivity index (χ3n) is 16.5. The van der Waals surface area contributed by atoms with Crippen LogP contribution in [0.5, 0.6) is 0 Å². The van der Waals surface area contributed by atoms with Gasteiger partial charge in [-0.15, -0.1) is 45.3 Å². The Morgan fingerprint density at radius 1 is 0.389 bits per heavy atom. The van der Waals surface area contributed by atoms with E-state index < -0.39 is 11.9 Å². The summed E-state index contributed by atoms with van der Waals surface area (Å²) in [4.78, 5) is 41.8. The molecule has 10 aromatic heterocycles. The first-order valence-electron chi connectivity index (χ1n) is 30.2. The molecule has 95 heavy (non-hydrogen) atoms. The summed E-state index contributed by atoms with van der Waals surface area (Å²) in [6.07, 6.45) is 6.54. The van der Waals surface area contributed by atoms with E-state index in [1.165, 1.54) is 151 Å². The molecule has 14 rings (SSSR count). The Bertz CT molecular complexity index is 4820. The number of hydrogen-bond acceptors (Lipinski definition) is 12. The van der Waals surface area contributed by atoms with E-state index in [1.54, 1.807) is 0 Å². The Kier molecular flexibility index (Phi) is 20.0. The van der Waals surface area contributed by atoms with Crippen molar-refractivity contribution >= 4 is 154 Å². The van der Waals surface area contributed by atoms with Crippen molar-refractivity contribution in [3.8, 4) is 53.7 Å². The van der Waals surface area contributed by atoms with Gasteiger partial charge in [0.1, 0.15) is 10.0 Å². The van der Waals surface area contributed by atoms with E-state index in [2.05, 4.69) is 248 Å². The molecule has 19 heteroatoms. The fourth-order valence-corrected chi connectivity index (χ4v) is 16.2. The van der Waals surface area contributed by atoms with Gasteiger partial charge in [-0.25, -0.2) is 9.59 Å². The quantitative estimate of drug-likeness (QED) is 0.0844. The predicted molar refractivity (Wildman–Crippen MR) is 402 cm³/mol. The number of nitrogens with zero attached hydrogens (tertiary/aromatic N) is 8. The second-order valence-corrected chi connectivity index (χ2v) is 31.6. The summed E-state index contributed by atoms with van der Waals surface area (Å²) < 4.78 is 10.1. The van der Waals surface area contributed by atoms with E-state index in [-0.39, 0.29) is 52.3 Å². The standard InChI is InChI=1S/C62H58N4S4.C12H8N2O4.2CNS.Ru/c1-59(2,3)37-13-17-47-41(27-37)42-28-38(60(4,5)6)14-18-48(42)65(47)57-33-55-53(69-57)31-51(67-55)35-21-23-63-45(25-35)46-26-36(22-24-64-46)52-32-54-56(68-52)34-58(70-54)66-49-19-15-39(61(7,8)9)29-43(49)44-30-40(62(10,11)12)16-20-50(44)66;15-11(16)7-1-3-13-9(5-7)10-6-8(12(17)18)2-4-14-10;2*2-1-3;/h13-34H,1-12H3;1-6H,(H,15,16)(H,17,18);;;/q;;2*-1;+2. The van der Waals surface area contributed by atoms with Gasteiger partial charge in [0.2, 0.25) is 0 Å². The Morgan fingerprint density at radius 2 is 0.653 bits per heavy atom. The zero-order valence-electron chi connectivity index (χ0n) is 54.3. The van der Waals surface area contributed by atoms with Gasteiger partial charge < -0.3 is 30.2 Å². The van der Waals surface area contributed by atoms with Crippen molar-refractivity contribution in [2.75, 3.05) is 0 Å².